The van der Waals surface area contributed by atoms with Gasteiger partial charge in [0.25, 0.3) is 0 Å². The lowest BCUT2D eigenvalue weighted by atomic mass is 10.0. The first kappa shape index (κ1) is 16.5. The molecule has 0 saturated carbocycles. The SMILES string of the molecule is CCC(c1ccccc1O)N(C)CC(=O)NCCOC. The second-order valence-corrected chi connectivity index (χ2v) is 4.74. The number of nitrogens with one attached hydrogen (secondary N) is 1. The van der Waals surface area contributed by atoms with Crippen LogP contribution >= 0.6 is 0 Å². The smallest absolute Gasteiger partial charge is 0.234 e. The maximum atomic E-state index is 11.8. The Kier molecular flexibility index (Phi) is 7.04. The minimum absolute atomic E-state index is 0.0179. The van der Waals surface area contributed by atoms with E-state index in [4.69, 9.17) is 4.74 Å². The van der Waals surface area contributed by atoms with Crippen molar-refractivity contribution in [3.8, 4) is 5.75 Å². The molecular formula is C15H24N2O3. The number of phenols is 1. The molecule has 1 amide bonds. The summed E-state index contributed by atoms with van der Waals surface area (Å²) in [6.07, 6.45) is 0.819. The van der Waals surface area contributed by atoms with Crippen LogP contribution in [0.25, 0.3) is 0 Å². The lowest BCUT2D eigenvalue weighted by Gasteiger charge is -2.27. The fourth-order valence-corrected chi connectivity index (χ4v) is 2.22. The van der Waals surface area contributed by atoms with Gasteiger partial charge in [0.15, 0.2) is 0 Å². The van der Waals surface area contributed by atoms with E-state index in [1.165, 1.54) is 0 Å². The third-order valence-corrected chi connectivity index (χ3v) is 3.24. The molecule has 0 heterocycles. The molecule has 1 atom stereocenters. The average Bonchev–Trinajstić information content (AvgIpc) is 2.42. The number of nitrogens with zero attached hydrogens (tertiary/aromatic N) is 1. The summed E-state index contributed by atoms with van der Waals surface area (Å²) in [6, 6.07) is 7.27. The first-order valence-electron chi connectivity index (χ1n) is 6.83. The molecule has 0 radical (unpaired) electrons. The summed E-state index contributed by atoms with van der Waals surface area (Å²) in [7, 11) is 3.49. The van der Waals surface area contributed by atoms with Crippen LogP contribution in [0.15, 0.2) is 24.3 Å². The first-order chi connectivity index (χ1) is 9.60. The number of likely N-dealkylation sites (N-methyl/N-ethyl adjacent to an activating group) is 1. The van der Waals surface area contributed by atoms with Gasteiger partial charge in [0.2, 0.25) is 5.91 Å². The third kappa shape index (κ3) is 4.83. The summed E-state index contributed by atoms with van der Waals surface area (Å²) in [4.78, 5) is 13.7. The fraction of sp³-hybridized carbons (Fsp3) is 0.533. The molecule has 112 valence electrons. The van der Waals surface area contributed by atoms with Crippen molar-refractivity contribution in [3.63, 3.8) is 0 Å². The van der Waals surface area contributed by atoms with Crippen molar-refractivity contribution in [1.82, 2.24) is 10.2 Å². The zero-order valence-corrected chi connectivity index (χ0v) is 12.4. The molecule has 0 saturated heterocycles. The highest BCUT2D eigenvalue weighted by Crippen LogP contribution is 2.29. The van der Waals surface area contributed by atoms with E-state index < -0.39 is 0 Å². The van der Waals surface area contributed by atoms with Crippen molar-refractivity contribution in [2.75, 3.05) is 33.9 Å². The zero-order valence-electron chi connectivity index (χ0n) is 12.4. The minimum atomic E-state index is -0.0431. The molecule has 5 heteroatoms. The Bertz CT molecular complexity index is 423. The van der Waals surface area contributed by atoms with Gasteiger partial charge in [-0.05, 0) is 19.5 Å². The topological polar surface area (TPSA) is 61.8 Å². The Morgan fingerprint density at radius 3 is 2.75 bits per heavy atom. The van der Waals surface area contributed by atoms with Gasteiger partial charge in [0.1, 0.15) is 5.75 Å². The molecule has 0 aliphatic carbocycles. The van der Waals surface area contributed by atoms with E-state index >= 15 is 0 Å². The Labute approximate surface area is 120 Å². The van der Waals surface area contributed by atoms with E-state index in [0.29, 0.717) is 13.2 Å². The maximum Gasteiger partial charge on any atom is 0.234 e. The van der Waals surface area contributed by atoms with E-state index in [9.17, 15) is 9.90 Å². The van der Waals surface area contributed by atoms with Crippen molar-refractivity contribution in [2.45, 2.75) is 19.4 Å². The number of amides is 1. The largest absolute Gasteiger partial charge is 0.508 e. The van der Waals surface area contributed by atoms with Crippen molar-refractivity contribution >= 4 is 5.91 Å². The predicted molar refractivity (Wildman–Crippen MR) is 78.7 cm³/mol. The molecule has 1 aromatic carbocycles. The van der Waals surface area contributed by atoms with E-state index in [1.54, 1.807) is 19.2 Å². The van der Waals surface area contributed by atoms with Gasteiger partial charge in [0.05, 0.1) is 13.2 Å². The van der Waals surface area contributed by atoms with E-state index in [-0.39, 0.29) is 24.2 Å². The number of ether oxygens (including phenoxy) is 1. The van der Waals surface area contributed by atoms with Crippen LogP contribution in [0.2, 0.25) is 0 Å². The number of phenolic OH excluding ortho intramolecular Hbond substituents is 1. The van der Waals surface area contributed by atoms with Crippen molar-refractivity contribution < 1.29 is 14.6 Å². The normalized spacial score (nSPS) is 12.4. The standard InChI is InChI=1S/C15H24N2O3/c1-4-13(12-7-5-6-8-14(12)18)17(2)11-15(19)16-9-10-20-3/h5-8,13,18H,4,9-11H2,1-3H3,(H,16,19). The van der Waals surface area contributed by atoms with Crippen molar-refractivity contribution in [1.29, 1.82) is 0 Å². The van der Waals surface area contributed by atoms with Crippen molar-refractivity contribution in [3.05, 3.63) is 29.8 Å². The van der Waals surface area contributed by atoms with Gasteiger partial charge in [-0.25, -0.2) is 0 Å². The number of rotatable bonds is 8. The Hall–Kier alpha value is -1.59. The molecule has 5 nitrogen and oxygen atoms in total. The molecule has 2 N–H and O–H groups in total. The van der Waals surface area contributed by atoms with Crippen molar-refractivity contribution in [2.24, 2.45) is 0 Å². The molecule has 0 aliphatic rings. The number of benzene rings is 1. The van der Waals surface area contributed by atoms with Gasteiger partial charge in [-0.15, -0.1) is 0 Å². The van der Waals surface area contributed by atoms with Crippen LogP contribution in [0.1, 0.15) is 24.9 Å². The Balaban J connectivity index is 2.61. The Morgan fingerprint density at radius 1 is 1.45 bits per heavy atom. The van der Waals surface area contributed by atoms with Crippen LogP contribution in [0.4, 0.5) is 0 Å². The highest BCUT2D eigenvalue weighted by Gasteiger charge is 2.19. The first-order valence-corrected chi connectivity index (χ1v) is 6.83. The molecular weight excluding hydrogens is 256 g/mol. The van der Waals surface area contributed by atoms with Gasteiger partial charge in [-0.3, -0.25) is 9.69 Å². The number of para-hydroxylation sites is 1. The van der Waals surface area contributed by atoms with Crippen LogP contribution in [-0.2, 0) is 9.53 Å². The van der Waals surface area contributed by atoms with E-state index in [2.05, 4.69) is 5.32 Å². The third-order valence-electron chi connectivity index (χ3n) is 3.24. The van der Waals surface area contributed by atoms with E-state index in [1.807, 2.05) is 31.0 Å². The van der Waals surface area contributed by atoms with Crippen LogP contribution in [0.3, 0.4) is 0 Å². The highest BCUT2D eigenvalue weighted by molar-refractivity contribution is 5.78. The molecule has 20 heavy (non-hydrogen) atoms. The lowest BCUT2D eigenvalue weighted by Crippen LogP contribution is -2.38. The molecule has 0 aliphatic heterocycles. The number of hydrogen-bond acceptors (Lipinski definition) is 4. The molecule has 0 aromatic heterocycles. The predicted octanol–water partition coefficient (Wildman–Crippen LogP) is 1.54. The van der Waals surface area contributed by atoms with Crippen LogP contribution < -0.4 is 5.32 Å². The second-order valence-electron chi connectivity index (χ2n) is 4.74. The van der Waals surface area contributed by atoms with Gasteiger partial charge in [0, 0.05) is 25.3 Å². The number of carbonyl (C=O) groups is 1. The quantitative estimate of drug-likeness (QED) is 0.709. The van der Waals surface area contributed by atoms with Crippen LogP contribution in [0, 0.1) is 0 Å². The molecule has 0 bridgehead atoms. The van der Waals surface area contributed by atoms with Gasteiger partial charge in [-0.1, -0.05) is 25.1 Å². The van der Waals surface area contributed by atoms with Crippen LogP contribution in [0.5, 0.6) is 5.75 Å². The summed E-state index contributed by atoms with van der Waals surface area (Å²) in [5, 5.41) is 12.7. The molecule has 1 unspecified atom stereocenters. The summed E-state index contributed by atoms with van der Waals surface area (Å²) >= 11 is 0. The van der Waals surface area contributed by atoms with E-state index in [0.717, 1.165) is 12.0 Å². The van der Waals surface area contributed by atoms with Crippen LogP contribution in [-0.4, -0.2) is 49.8 Å². The molecule has 1 aromatic rings. The highest BCUT2D eigenvalue weighted by atomic mass is 16.5. The monoisotopic (exact) mass is 280 g/mol. The maximum absolute atomic E-state index is 11.8. The summed E-state index contributed by atoms with van der Waals surface area (Å²) in [5.74, 6) is 0.226. The molecule has 0 fully saturated rings. The summed E-state index contributed by atoms with van der Waals surface area (Å²) < 4.78 is 4.89. The lowest BCUT2D eigenvalue weighted by molar-refractivity contribution is -0.122. The summed E-state index contributed by atoms with van der Waals surface area (Å²) in [6.45, 7) is 3.34. The number of methoxy groups -OCH3 is 1. The average molecular weight is 280 g/mol. The van der Waals surface area contributed by atoms with Gasteiger partial charge < -0.3 is 15.2 Å². The second kappa shape index (κ2) is 8.55. The molecule has 0 spiro atoms. The minimum Gasteiger partial charge on any atom is -0.508 e. The number of carbonyl (C=O) groups excluding carboxylic acids is 1. The fourth-order valence-electron chi connectivity index (χ4n) is 2.22. The zero-order chi connectivity index (χ0) is 15.0. The number of hydrogen-bond donors (Lipinski definition) is 2. The Morgan fingerprint density at radius 2 is 2.15 bits per heavy atom. The van der Waals surface area contributed by atoms with Gasteiger partial charge in [-0.2, -0.15) is 0 Å². The summed E-state index contributed by atoms with van der Waals surface area (Å²) in [5.41, 5.74) is 0.849. The number of aromatic hydroxyl groups is 1. The van der Waals surface area contributed by atoms with Gasteiger partial charge >= 0.3 is 0 Å². The molecule has 1 rings (SSSR count).